The SMILES string of the molecule is CON=C(C)CCc1ccc(-c2c(O)cc(O)cc2CC(=O)OC)o1. The third-order valence-corrected chi connectivity index (χ3v) is 3.63. The van der Waals surface area contributed by atoms with Gasteiger partial charge in [-0.15, -0.1) is 0 Å². The number of carbonyl (C=O) groups is 1. The molecule has 0 bridgehead atoms. The van der Waals surface area contributed by atoms with Crippen molar-refractivity contribution < 1.29 is 29.0 Å². The first-order valence-corrected chi connectivity index (χ1v) is 7.72. The van der Waals surface area contributed by atoms with Crippen molar-refractivity contribution in [3.05, 3.63) is 35.6 Å². The van der Waals surface area contributed by atoms with Crippen LogP contribution in [0.5, 0.6) is 11.5 Å². The van der Waals surface area contributed by atoms with E-state index in [0.717, 1.165) is 5.71 Å². The monoisotopic (exact) mass is 347 g/mol. The van der Waals surface area contributed by atoms with Crippen molar-refractivity contribution in [3.8, 4) is 22.8 Å². The standard InChI is InChI=1S/C18H21NO6/c1-11(19-24-3)4-5-14-6-7-16(25-14)18-12(9-17(22)23-2)8-13(20)10-15(18)21/h6-8,10,20-21H,4-5,9H2,1-3H3. The number of esters is 1. The molecule has 0 spiro atoms. The number of furan rings is 1. The van der Waals surface area contributed by atoms with Crippen molar-refractivity contribution in [2.45, 2.75) is 26.2 Å². The van der Waals surface area contributed by atoms with Crippen molar-refractivity contribution in [1.82, 2.24) is 0 Å². The van der Waals surface area contributed by atoms with E-state index in [1.807, 2.05) is 6.92 Å². The summed E-state index contributed by atoms with van der Waals surface area (Å²) in [4.78, 5) is 16.3. The van der Waals surface area contributed by atoms with E-state index in [1.165, 1.54) is 26.4 Å². The summed E-state index contributed by atoms with van der Waals surface area (Å²) in [5.41, 5.74) is 1.61. The predicted molar refractivity (Wildman–Crippen MR) is 91.6 cm³/mol. The molecule has 2 rings (SSSR count). The third-order valence-electron chi connectivity index (χ3n) is 3.63. The minimum absolute atomic E-state index is 0.0938. The number of ether oxygens (including phenoxy) is 1. The minimum atomic E-state index is -0.482. The molecule has 0 amide bonds. The van der Waals surface area contributed by atoms with E-state index in [2.05, 4.69) is 9.89 Å². The first-order valence-electron chi connectivity index (χ1n) is 7.72. The summed E-state index contributed by atoms with van der Waals surface area (Å²) >= 11 is 0. The molecular weight excluding hydrogens is 326 g/mol. The first kappa shape index (κ1) is 18.4. The number of hydrogen-bond acceptors (Lipinski definition) is 7. The van der Waals surface area contributed by atoms with Gasteiger partial charge in [0.05, 0.1) is 24.8 Å². The molecule has 0 saturated carbocycles. The largest absolute Gasteiger partial charge is 0.508 e. The fourth-order valence-electron chi connectivity index (χ4n) is 2.47. The van der Waals surface area contributed by atoms with Crippen LogP contribution in [0.2, 0.25) is 0 Å². The highest BCUT2D eigenvalue weighted by Crippen LogP contribution is 2.37. The van der Waals surface area contributed by atoms with E-state index >= 15 is 0 Å². The van der Waals surface area contributed by atoms with Crippen molar-refractivity contribution in [2.75, 3.05) is 14.2 Å². The number of aromatic hydroxyl groups is 2. The molecule has 7 nitrogen and oxygen atoms in total. The maximum Gasteiger partial charge on any atom is 0.310 e. The maximum absolute atomic E-state index is 11.6. The second-order valence-electron chi connectivity index (χ2n) is 5.53. The van der Waals surface area contributed by atoms with Crippen LogP contribution in [0.1, 0.15) is 24.7 Å². The Bertz CT molecular complexity index is 778. The lowest BCUT2D eigenvalue weighted by Gasteiger charge is -2.10. The molecule has 0 saturated heterocycles. The Balaban J connectivity index is 2.29. The van der Waals surface area contributed by atoms with Crippen LogP contribution < -0.4 is 0 Å². The van der Waals surface area contributed by atoms with E-state index < -0.39 is 5.97 Å². The number of phenolic OH excluding ortho intramolecular Hbond substituents is 2. The van der Waals surface area contributed by atoms with Gasteiger partial charge >= 0.3 is 5.97 Å². The summed E-state index contributed by atoms with van der Waals surface area (Å²) in [7, 11) is 2.77. The highest BCUT2D eigenvalue weighted by atomic mass is 16.6. The fourth-order valence-corrected chi connectivity index (χ4v) is 2.47. The van der Waals surface area contributed by atoms with Gasteiger partial charge in [0, 0.05) is 12.5 Å². The average Bonchev–Trinajstić information content (AvgIpc) is 3.01. The van der Waals surface area contributed by atoms with Crippen LogP contribution in [-0.4, -0.2) is 36.1 Å². The molecule has 0 aliphatic rings. The summed E-state index contributed by atoms with van der Waals surface area (Å²) in [6, 6.07) is 6.12. The molecule has 0 aliphatic heterocycles. The van der Waals surface area contributed by atoms with E-state index in [4.69, 9.17) is 9.25 Å². The molecule has 1 aromatic heterocycles. The van der Waals surface area contributed by atoms with E-state index in [1.54, 1.807) is 12.1 Å². The lowest BCUT2D eigenvalue weighted by atomic mass is 10.0. The summed E-state index contributed by atoms with van der Waals surface area (Å²) < 4.78 is 10.4. The van der Waals surface area contributed by atoms with Crippen LogP contribution in [0, 0.1) is 0 Å². The molecule has 0 unspecified atom stereocenters. The minimum Gasteiger partial charge on any atom is -0.508 e. The average molecular weight is 347 g/mol. The fraction of sp³-hybridized carbons (Fsp3) is 0.333. The number of benzene rings is 1. The molecule has 2 N–H and O–H groups in total. The molecule has 2 aromatic rings. The Kier molecular flexibility index (Phi) is 6.05. The smallest absolute Gasteiger partial charge is 0.310 e. The van der Waals surface area contributed by atoms with Gasteiger partial charge in [0.15, 0.2) is 0 Å². The molecule has 7 heteroatoms. The van der Waals surface area contributed by atoms with Crippen LogP contribution in [0.3, 0.4) is 0 Å². The van der Waals surface area contributed by atoms with Crippen LogP contribution >= 0.6 is 0 Å². The number of rotatable bonds is 7. The lowest BCUT2D eigenvalue weighted by Crippen LogP contribution is -2.05. The normalized spacial score (nSPS) is 11.4. The molecule has 0 fully saturated rings. The molecule has 0 radical (unpaired) electrons. The summed E-state index contributed by atoms with van der Waals surface area (Å²) in [5.74, 6) is 0.324. The highest BCUT2D eigenvalue weighted by Gasteiger charge is 2.18. The zero-order valence-corrected chi connectivity index (χ0v) is 14.4. The molecular formula is C18H21NO6. The predicted octanol–water partition coefficient (Wildman–Crippen LogP) is 3.03. The number of hydrogen-bond donors (Lipinski definition) is 2. The van der Waals surface area contributed by atoms with Crippen molar-refractivity contribution in [2.24, 2.45) is 5.16 Å². The van der Waals surface area contributed by atoms with Crippen LogP contribution in [0.15, 0.2) is 33.8 Å². The number of methoxy groups -OCH3 is 1. The quantitative estimate of drug-likeness (QED) is 0.453. The van der Waals surface area contributed by atoms with Gasteiger partial charge in [-0.1, -0.05) is 5.16 Å². The Hall–Kier alpha value is -2.96. The Morgan fingerprint density at radius 2 is 2.00 bits per heavy atom. The number of phenols is 2. The molecule has 1 heterocycles. The maximum atomic E-state index is 11.6. The van der Waals surface area contributed by atoms with Gasteiger partial charge in [-0.25, -0.2) is 0 Å². The molecule has 25 heavy (non-hydrogen) atoms. The van der Waals surface area contributed by atoms with Crippen molar-refractivity contribution in [1.29, 1.82) is 0 Å². The number of oxime groups is 1. The second-order valence-corrected chi connectivity index (χ2v) is 5.53. The topological polar surface area (TPSA) is 101 Å². The molecule has 1 aromatic carbocycles. The van der Waals surface area contributed by atoms with Crippen LogP contribution in [0.4, 0.5) is 0 Å². The first-order chi connectivity index (χ1) is 11.9. The Labute approximate surface area is 145 Å². The summed E-state index contributed by atoms with van der Waals surface area (Å²) in [6.07, 6.45) is 1.19. The van der Waals surface area contributed by atoms with Gasteiger partial charge in [-0.2, -0.15) is 0 Å². The van der Waals surface area contributed by atoms with Crippen molar-refractivity contribution >= 4 is 11.7 Å². The van der Waals surface area contributed by atoms with Gasteiger partial charge in [0.1, 0.15) is 30.1 Å². The molecule has 0 aliphatic carbocycles. The third kappa shape index (κ3) is 4.76. The van der Waals surface area contributed by atoms with Gasteiger partial charge < -0.3 is 24.2 Å². The Morgan fingerprint density at radius 3 is 2.68 bits per heavy atom. The van der Waals surface area contributed by atoms with Crippen LogP contribution in [-0.2, 0) is 27.2 Å². The molecule has 0 atom stereocenters. The van der Waals surface area contributed by atoms with Crippen LogP contribution in [0.25, 0.3) is 11.3 Å². The summed E-state index contributed by atoms with van der Waals surface area (Å²) in [5, 5.41) is 23.7. The van der Waals surface area contributed by atoms with Gasteiger partial charge in [0.2, 0.25) is 0 Å². The zero-order chi connectivity index (χ0) is 18.4. The van der Waals surface area contributed by atoms with Crippen molar-refractivity contribution in [3.63, 3.8) is 0 Å². The summed E-state index contributed by atoms with van der Waals surface area (Å²) in [6.45, 7) is 1.85. The van der Waals surface area contributed by atoms with Gasteiger partial charge in [-0.3, -0.25) is 4.79 Å². The lowest BCUT2D eigenvalue weighted by molar-refractivity contribution is -0.139. The second kappa shape index (κ2) is 8.23. The Morgan fingerprint density at radius 1 is 1.24 bits per heavy atom. The van der Waals surface area contributed by atoms with E-state index in [-0.39, 0.29) is 17.9 Å². The number of aryl methyl sites for hydroxylation is 1. The number of nitrogens with zero attached hydrogens (tertiary/aromatic N) is 1. The zero-order valence-electron chi connectivity index (χ0n) is 14.4. The van der Waals surface area contributed by atoms with Gasteiger partial charge in [0.25, 0.3) is 0 Å². The number of carbonyl (C=O) groups excluding carboxylic acids is 1. The highest BCUT2D eigenvalue weighted by molar-refractivity contribution is 5.81. The van der Waals surface area contributed by atoms with Gasteiger partial charge in [-0.05, 0) is 37.1 Å². The van der Waals surface area contributed by atoms with E-state index in [9.17, 15) is 15.0 Å². The van der Waals surface area contributed by atoms with E-state index in [0.29, 0.717) is 35.5 Å². The molecule has 134 valence electrons.